The molecule has 43 heavy (non-hydrogen) atoms. The topological polar surface area (TPSA) is 17.0 Å². The zero-order chi connectivity index (χ0) is 29.2. The Morgan fingerprint density at radius 3 is 1.72 bits per heavy atom. The van der Waals surface area contributed by atoms with Gasteiger partial charge in [-0.2, -0.15) is 0 Å². The van der Waals surface area contributed by atoms with Crippen molar-refractivity contribution in [2.45, 2.75) is 32.6 Å². The van der Waals surface area contributed by atoms with Crippen molar-refractivity contribution in [1.29, 1.82) is 0 Å². The van der Waals surface area contributed by atoms with Crippen molar-refractivity contribution in [3.8, 4) is 27.9 Å². The second-order valence-corrected chi connectivity index (χ2v) is 11.5. The summed E-state index contributed by atoms with van der Waals surface area (Å²) in [7, 11) is 0. The summed E-state index contributed by atoms with van der Waals surface area (Å²) >= 11 is 0. The Balaban J connectivity index is 1.10. The first-order valence-corrected chi connectivity index (χ1v) is 15.3. The average Bonchev–Trinajstić information content (AvgIpc) is 3.40. The Kier molecular flexibility index (Phi) is 7.27. The Hall–Kier alpha value is -5.08. The highest BCUT2D eigenvalue weighted by molar-refractivity contribution is 6.10. The minimum absolute atomic E-state index is 0.612. The fourth-order valence-electron chi connectivity index (χ4n) is 6.27. The number of rotatable bonds is 8. The van der Waals surface area contributed by atoms with Gasteiger partial charge in [0.2, 0.25) is 0 Å². The summed E-state index contributed by atoms with van der Waals surface area (Å²) in [4.78, 5) is 0. The molecule has 0 radical (unpaired) electrons. The Labute approximate surface area is 254 Å². The molecule has 0 saturated carbocycles. The number of aromatic nitrogens is 1. The maximum Gasteiger partial charge on any atom is 0.0541 e. The number of fused-ring (bicyclic) bond motifs is 3. The first-order valence-electron chi connectivity index (χ1n) is 15.3. The molecule has 1 heterocycles. The number of para-hydroxylation sites is 2. The van der Waals surface area contributed by atoms with E-state index in [1.165, 1.54) is 68.2 Å². The van der Waals surface area contributed by atoms with Crippen molar-refractivity contribution >= 4 is 33.2 Å². The Morgan fingerprint density at radius 1 is 0.535 bits per heavy atom. The lowest BCUT2D eigenvalue weighted by atomic mass is 9.94. The van der Waals surface area contributed by atoms with E-state index in [1.54, 1.807) is 0 Å². The number of anilines is 2. The number of nitrogens with zero attached hydrogens (tertiary/aromatic N) is 1. The number of hydrogen-bond donors (Lipinski definition) is 1. The van der Waals surface area contributed by atoms with Crippen LogP contribution >= 0.6 is 0 Å². The van der Waals surface area contributed by atoms with Gasteiger partial charge >= 0.3 is 0 Å². The zero-order valence-corrected chi connectivity index (χ0v) is 24.8. The van der Waals surface area contributed by atoms with Crippen LogP contribution in [0.2, 0.25) is 0 Å². The molecule has 2 nitrogen and oxygen atoms in total. The van der Waals surface area contributed by atoms with Gasteiger partial charge < -0.3 is 9.88 Å². The lowest BCUT2D eigenvalue weighted by Gasteiger charge is -2.12. The quantitative estimate of drug-likeness (QED) is 0.197. The van der Waals surface area contributed by atoms with E-state index in [0.29, 0.717) is 5.92 Å². The van der Waals surface area contributed by atoms with Crippen molar-refractivity contribution in [3.05, 3.63) is 151 Å². The molecule has 210 valence electrons. The van der Waals surface area contributed by atoms with Crippen LogP contribution in [0.4, 0.5) is 11.4 Å². The zero-order valence-electron chi connectivity index (χ0n) is 24.8. The van der Waals surface area contributed by atoms with Gasteiger partial charge in [0.25, 0.3) is 0 Å². The van der Waals surface area contributed by atoms with Crippen LogP contribution < -0.4 is 5.32 Å². The molecule has 7 aromatic rings. The number of hydrogen-bond acceptors (Lipinski definition) is 1. The van der Waals surface area contributed by atoms with Gasteiger partial charge in [0, 0.05) is 27.8 Å². The number of nitrogens with one attached hydrogen (secondary N) is 1. The lowest BCUT2D eigenvalue weighted by Crippen LogP contribution is -1.93. The third-order valence-corrected chi connectivity index (χ3v) is 8.61. The largest absolute Gasteiger partial charge is 0.356 e. The van der Waals surface area contributed by atoms with Gasteiger partial charge in [-0.15, -0.1) is 0 Å². The predicted octanol–water partition coefficient (Wildman–Crippen LogP) is 11.8. The first-order chi connectivity index (χ1) is 21.2. The smallest absolute Gasteiger partial charge is 0.0541 e. The molecule has 1 atom stereocenters. The molecular formula is C41H36N2. The maximum atomic E-state index is 3.57. The van der Waals surface area contributed by atoms with Gasteiger partial charge in [-0.3, -0.25) is 0 Å². The van der Waals surface area contributed by atoms with Gasteiger partial charge in [-0.05, 0) is 94.8 Å². The Morgan fingerprint density at radius 2 is 1.07 bits per heavy atom. The van der Waals surface area contributed by atoms with Crippen LogP contribution in [0.1, 0.15) is 38.2 Å². The van der Waals surface area contributed by atoms with Crippen LogP contribution in [0.3, 0.4) is 0 Å². The van der Waals surface area contributed by atoms with Gasteiger partial charge in [0.05, 0.1) is 11.0 Å². The molecule has 1 unspecified atom stereocenters. The predicted molar refractivity (Wildman–Crippen MR) is 185 cm³/mol. The third kappa shape index (κ3) is 5.33. The fraction of sp³-hybridized carbons (Fsp3) is 0.122. The molecule has 0 spiro atoms. The maximum absolute atomic E-state index is 3.57. The van der Waals surface area contributed by atoms with E-state index in [0.717, 1.165) is 11.4 Å². The van der Waals surface area contributed by atoms with Crippen LogP contribution in [0, 0.1) is 0 Å². The second kappa shape index (κ2) is 11.7. The van der Waals surface area contributed by atoms with Crippen LogP contribution in [-0.4, -0.2) is 4.57 Å². The van der Waals surface area contributed by atoms with Gasteiger partial charge in [-0.1, -0.05) is 111 Å². The molecular weight excluding hydrogens is 520 g/mol. The molecule has 1 N–H and O–H groups in total. The normalized spacial score (nSPS) is 12.0. The Bertz CT molecular complexity index is 1980. The molecule has 2 heteroatoms. The van der Waals surface area contributed by atoms with Gasteiger partial charge in [-0.25, -0.2) is 0 Å². The van der Waals surface area contributed by atoms with Crippen molar-refractivity contribution in [2.24, 2.45) is 0 Å². The van der Waals surface area contributed by atoms with Crippen LogP contribution in [-0.2, 0) is 0 Å². The average molecular weight is 557 g/mol. The van der Waals surface area contributed by atoms with E-state index in [2.05, 4.69) is 169 Å². The standard InChI is InChI=1S/C41H36N2/c1-3-9-29(2)30-14-16-31(17-15-30)32-18-23-35(24-19-32)42-36-25-20-33(21-26-36)34-22-27-41-39(28-34)38-12-7-8-13-40(38)43(41)37-10-5-4-6-11-37/h4-8,10-29,42H,3,9H2,1-2H3. The van der Waals surface area contributed by atoms with Gasteiger partial charge in [0.1, 0.15) is 0 Å². The van der Waals surface area contributed by atoms with E-state index >= 15 is 0 Å². The molecule has 7 rings (SSSR count). The molecule has 0 aliphatic rings. The molecule has 0 amide bonds. The lowest BCUT2D eigenvalue weighted by molar-refractivity contribution is 0.665. The molecule has 0 fully saturated rings. The van der Waals surface area contributed by atoms with Crippen LogP contribution in [0.15, 0.2) is 146 Å². The molecule has 1 aromatic heterocycles. The number of benzene rings is 6. The summed E-state index contributed by atoms with van der Waals surface area (Å²) in [6.07, 6.45) is 2.45. The highest BCUT2D eigenvalue weighted by Gasteiger charge is 2.13. The van der Waals surface area contributed by atoms with E-state index in [4.69, 9.17) is 0 Å². The highest BCUT2D eigenvalue weighted by atomic mass is 15.0. The minimum Gasteiger partial charge on any atom is -0.356 e. The van der Waals surface area contributed by atoms with Crippen molar-refractivity contribution < 1.29 is 0 Å². The van der Waals surface area contributed by atoms with Crippen molar-refractivity contribution in [3.63, 3.8) is 0 Å². The van der Waals surface area contributed by atoms with Gasteiger partial charge in [0.15, 0.2) is 0 Å². The molecule has 0 bridgehead atoms. The van der Waals surface area contributed by atoms with E-state index < -0.39 is 0 Å². The SMILES string of the molecule is CCCC(C)c1ccc(-c2ccc(Nc3ccc(-c4ccc5c(c4)c4ccccc4n5-c4ccccc4)cc3)cc2)cc1. The fourth-order valence-corrected chi connectivity index (χ4v) is 6.27. The first kappa shape index (κ1) is 26.8. The summed E-state index contributed by atoms with van der Waals surface area (Å²) in [6, 6.07) is 52.6. The van der Waals surface area contributed by atoms with E-state index in [9.17, 15) is 0 Å². The third-order valence-electron chi connectivity index (χ3n) is 8.61. The summed E-state index contributed by atoms with van der Waals surface area (Å²) < 4.78 is 2.36. The summed E-state index contributed by atoms with van der Waals surface area (Å²) in [6.45, 7) is 4.57. The summed E-state index contributed by atoms with van der Waals surface area (Å²) in [5.41, 5.74) is 12.1. The van der Waals surface area contributed by atoms with E-state index in [-0.39, 0.29) is 0 Å². The monoisotopic (exact) mass is 556 g/mol. The summed E-state index contributed by atoms with van der Waals surface area (Å²) in [5, 5.41) is 6.11. The van der Waals surface area contributed by atoms with E-state index in [1.807, 2.05) is 0 Å². The summed E-state index contributed by atoms with van der Waals surface area (Å²) in [5.74, 6) is 0.612. The molecule has 0 aliphatic carbocycles. The molecule has 0 aliphatic heterocycles. The van der Waals surface area contributed by atoms with Crippen LogP contribution in [0.5, 0.6) is 0 Å². The van der Waals surface area contributed by atoms with Crippen molar-refractivity contribution in [1.82, 2.24) is 4.57 Å². The minimum atomic E-state index is 0.612. The molecule has 6 aromatic carbocycles. The molecule has 0 saturated heterocycles. The van der Waals surface area contributed by atoms with Crippen molar-refractivity contribution in [2.75, 3.05) is 5.32 Å². The second-order valence-electron chi connectivity index (χ2n) is 11.5. The van der Waals surface area contributed by atoms with Crippen LogP contribution in [0.25, 0.3) is 49.7 Å². The highest BCUT2D eigenvalue weighted by Crippen LogP contribution is 2.35.